The van der Waals surface area contributed by atoms with Gasteiger partial charge in [-0.25, -0.2) is 9.59 Å². The summed E-state index contributed by atoms with van der Waals surface area (Å²) in [6.07, 6.45) is 0. The second-order valence-electron chi connectivity index (χ2n) is 2.47. The Morgan fingerprint density at radius 1 is 0.867 bits per heavy atom. The normalized spacial score (nSPS) is 9.07. The molecule has 7 heteroatoms. The van der Waals surface area contributed by atoms with Crippen LogP contribution < -0.4 is 0 Å². The fraction of sp³-hybridized carbons (Fsp3) is 0. The summed E-state index contributed by atoms with van der Waals surface area (Å²) in [6.45, 7) is 0. The maximum atomic E-state index is 10.4. The van der Waals surface area contributed by atoms with Gasteiger partial charge < -0.3 is 20.4 Å². The van der Waals surface area contributed by atoms with Gasteiger partial charge in [-0.1, -0.05) is 0 Å². The fourth-order valence-corrected chi connectivity index (χ4v) is 0.925. The van der Waals surface area contributed by atoms with Crippen molar-refractivity contribution < 1.29 is 46.5 Å². The van der Waals surface area contributed by atoms with Crippen molar-refractivity contribution in [2.45, 2.75) is 0 Å². The second kappa shape index (κ2) is 4.66. The van der Waals surface area contributed by atoms with E-state index in [2.05, 4.69) is 0 Å². The van der Waals surface area contributed by atoms with E-state index in [0.717, 1.165) is 12.1 Å². The molecule has 0 saturated carbocycles. The molecular formula is C8H6NiO6. The largest absolute Gasteiger partial charge is 0.504 e. The maximum absolute atomic E-state index is 10.4. The molecule has 6 nitrogen and oxygen atoms in total. The van der Waals surface area contributed by atoms with E-state index < -0.39 is 34.6 Å². The van der Waals surface area contributed by atoms with E-state index in [1.54, 1.807) is 0 Å². The maximum Gasteiger partial charge on any atom is 0.339 e. The summed E-state index contributed by atoms with van der Waals surface area (Å²) in [5, 5.41) is 35.2. The standard InChI is InChI=1S/C8H6O6.Ni/c9-5-3(7(11)12)1-2-4(6(5)10)8(13)14;/h1-2,9-10H,(H,11,12)(H,13,14);. The molecule has 0 aliphatic heterocycles. The molecular weight excluding hydrogens is 251 g/mol. The number of rotatable bonds is 2. The van der Waals surface area contributed by atoms with E-state index in [1.165, 1.54) is 0 Å². The van der Waals surface area contributed by atoms with Crippen LogP contribution in [0, 0.1) is 0 Å². The van der Waals surface area contributed by atoms with Crippen LogP contribution in [0.3, 0.4) is 0 Å². The second-order valence-corrected chi connectivity index (χ2v) is 2.47. The fourth-order valence-electron chi connectivity index (χ4n) is 0.925. The van der Waals surface area contributed by atoms with Crippen molar-refractivity contribution >= 4 is 11.9 Å². The monoisotopic (exact) mass is 256 g/mol. The molecule has 0 aliphatic carbocycles. The molecule has 0 aromatic heterocycles. The number of hydrogen-bond donors (Lipinski definition) is 4. The van der Waals surface area contributed by atoms with E-state index in [0.29, 0.717) is 0 Å². The van der Waals surface area contributed by atoms with Crippen LogP contribution in [0.5, 0.6) is 11.5 Å². The third-order valence-electron chi connectivity index (χ3n) is 1.61. The SMILES string of the molecule is O=C(O)c1ccc(C(=O)O)c(O)c1O.[Ni]. The van der Waals surface area contributed by atoms with E-state index in [1.807, 2.05) is 0 Å². The Balaban J connectivity index is 0.00000196. The smallest absolute Gasteiger partial charge is 0.339 e. The Bertz CT molecular complexity index is 375. The van der Waals surface area contributed by atoms with Crippen LogP contribution in [-0.2, 0) is 16.5 Å². The van der Waals surface area contributed by atoms with Crippen molar-refractivity contribution in [3.05, 3.63) is 23.3 Å². The number of carboxylic acids is 2. The summed E-state index contributed by atoms with van der Waals surface area (Å²) in [4.78, 5) is 20.9. The summed E-state index contributed by atoms with van der Waals surface area (Å²) in [7, 11) is 0. The molecule has 0 bridgehead atoms. The van der Waals surface area contributed by atoms with Crippen molar-refractivity contribution in [3.63, 3.8) is 0 Å². The number of aromatic carboxylic acids is 2. The predicted octanol–water partition coefficient (Wildman–Crippen LogP) is 0.492. The minimum Gasteiger partial charge on any atom is -0.504 e. The van der Waals surface area contributed by atoms with E-state index in [-0.39, 0.29) is 16.5 Å². The van der Waals surface area contributed by atoms with Crippen LogP contribution >= 0.6 is 0 Å². The molecule has 0 aliphatic rings. The molecule has 0 atom stereocenters. The molecule has 0 fully saturated rings. The number of hydrogen-bond acceptors (Lipinski definition) is 4. The van der Waals surface area contributed by atoms with Gasteiger partial charge in [-0.15, -0.1) is 0 Å². The zero-order valence-electron chi connectivity index (χ0n) is 7.08. The number of carbonyl (C=O) groups is 2. The third kappa shape index (κ3) is 2.38. The van der Waals surface area contributed by atoms with Gasteiger partial charge in [0.15, 0.2) is 11.5 Å². The van der Waals surface area contributed by atoms with Gasteiger partial charge >= 0.3 is 11.9 Å². The van der Waals surface area contributed by atoms with Gasteiger partial charge in [0.1, 0.15) is 11.1 Å². The Morgan fingerprint density at radius 3 is 1.33 bits per heavy atom. The number of aromatic hydroxyl groups is 2. The topological polar surface area (TPSA) is 115 Å². The van der Waals surface area contributed by atoms with Crippen molar-refractivity contribution in [2.75, 3.05) is 0 Å². The first-order valence-corrected chi connectivity index (χ1v) is 3.46. The Labute approximate surface area is 93.7 Å². The summed E-state index contributed by atoms with van der Waals surface area (Å²) in [6, 6.07) is 1.81. The quantitative estimate of drug-likeness (QED) is 0.452. The number of benzene rings is 1. The van der Waals surface area contributed by atoms with E-state index in [4.69, 9.17) is 20.4 Å². The van der Waals surface area contributed by atoms with Crippen molar-refractivity contribution in [2.24, 2.45) is 0 Å². The number of carboxylic acid groups (broad SMARTS) is 2. The van der Waals surface area contributed by atoms with Crippen molar-refractivity contribution in [1.82, 2.24) is 0 Å². The molecule has 1 rings (SSSR count). The van der Waals surface area contributed by atoms with Crippen LogP contribution in [0.15, 0.2) is 12.1 Å². The van der Waals surface area contributed by atoms with Crippen molar-refractivity contribution in [1.29, 1.82) is 0 Å². The van der Waals surface area contributed by atoms with Gasteiger partial charge in [0, 0.05) is 16.5 Å². The number of phenols is 2. The average Bonchev–Trinajstić information content (AvgIpc) is 2.08. The molecule has 0 heterocycles. The van der Waals surface area contributed by atoms with Crippen LogP contribution in [0.2, 0.25) is 0 Å². The Kier molecular flexibility index (Phi) is 4.12. The first kappa shape index (κ1) is 13.3. The molecule has 0 spiro atoms. The van der Waals surface area contributed by atoms with Crippen LogP contribution in [-0.4, -0.2) is 32.4 Å². The molecule has 0 unspecified atom stereocenters. The molecule has 1 aromatic carbocycles. The summed E-state index contributed by atoms with van der Waals surface area (Å²) in [5.74, 6) is -4.79. The summed E-state index contributed by atoms with van der Waals surface area (Å²) < 4.78 is 0. The summed E-state index contributed by atoms with van der Waals surface area (Å²) >= 11 is 0. The van der Waals surface area contributed by atoms with E-state index >= 15 is 0 Å². The predicted molar refractivity (Wildman–Crippen MR) is 43.7 cm³/mol. The van der Waals surface area contributed by atoms with E-state index in [9.17, 15) is 9.59 Å². The summed E-state index contributed by atoms with van der Waals surface area (Å²) in [5.41, 5.74) is -1.10. The zero-order chi connectivity index (χ0) is 10.9. The molecule has 0 radical (unpaired) electrons. The van der Waals surface area contributed by atoms with Gasteiger partial charge in [-0.2, -0.15) is 0 Å². The van der Waals surface area contributed by atoms with Gasteiger partial charge in [0.2, 0.25) is 0 Å². The third-order valence-corrected chi connectivity index (χ3v) is 1.61. The average molecular weight is 257 g/mol. The first-order valence-electron chi connectivity index (χ1n) is 3.46. The van der Waals surface area contributed by atoms with Crippen LogP contribution in [0.25, 0.3) is 0 Å². The minimum atomic E-state index is -1.45. The van der Waals surface area contributed by atoms with Crippen molar-refractivity contribution in [3.8, 4) is 11.5 Å². The minimum absolute atomic E-state index is 0. The Morgan fingerprint density at radius 2 is 1.13 bits per heavy atom. The van der Waals surface area contributed by atoms with Gasteiger partial charge in [-0.3, -0.25) is 0 Å². The zero-order valence-corrected chi connectivity index (χ0v) is 8.06. The molecule has 15 heavy (non-hydrogen) atoms. The van der Waals surface area contributed by atoms with Gasteiger partial charge in [-0.05, 0) is 12.1 Å². The first-order chi connectivity index (χ1) is 6.45. The molecule has 0 saturated heterocycles. The van der Waals surface area contributed by atoms with Gasteiger partial charge in [0.05, 0.1) is 0 Å². The molecule has 0 amide bonds. The van der Waals surface area contributed by atoms with Crippen LogP contribution in [0.4, 0.5) is 0 Å². The molecule has 1 aromatic rings. The molecule has 84 valence electrons. The van der Waals surface area contributed by atoms with Crippen LogP contribution in [0.1, 0.15) is 20.7 Å². The Hall–Kier alpha value is -1.75. The van der Waals surface area contributed by atoms with Gasteiger partial charge in [0.25, 0.3) is 0 Å². The molecule has 4 N–H and O–H groups in total.